The van der Waals surface area contributed by atoms with Crippen LogP contribution in [0.2, 0.25) is 0 Å². The predicted octanol–water partition coefficient (Wildman–Crippen LogP) is 6.38. The molecule has 0 radical (unpaired) electrons. The van der Waals surface area contributed by atoms with Gasteiger partial charge in [-0.05, 0) is 122 Å². The summed E-state index contributed by atoms with van der Waals surface area (Å²) >= 11 is 0. The molecule has 1 saturated heterocycles. The highest BCUT2D eigenvalue weighted by atomic mass is 32.2. The number of carbonyl (C=O) groups excluding carboxylic acids is 4. The van der Waals surface area contributed by atoms with Gasteiger partial charge in [-0.2, -0.15) is 0 Å². The molecule has 68 heavy (non-hydrogen) atoms. The Bertz CT molecular complexity index is 2550. The first-order valence-electron chi connectivity index (χ1n) is 23.1. The van der Waals surface area contributed by atoms with Gasteiger partial charge >= 0.3 is 6.09 Å². The van der Waals surface area contributed by atoms with E-state index in [1.54, 1.807) is 63.4 Å². The van der Waals surface area contributed by atoms with Crippen LogP contribution in [0.1, 0.15) is 100 Å². The van der Waals surface area contributed by atoms with Crippen LogP contribution in [0.15, 0.2) is 54.7 Å². The normalized spacial score (nSPS) is 26.9. The van der Waals surface area contributed by atoms with E-state index in [0.717, 1.165) is 13.8 Å². The minimum absolute atomic E-state index is 0.0779. The smallest absolute Gasteiger partial charge is 0.408 e. The summed E-state index contributed by atoms with van der Waals surface area (Å²) in [6, 6.07) is 7.68. The molecule has 0 spiro atoms. The van der Waals surface area contributed by atoms with Crippen molar-refractivity contribution in [1.82, 2.24) is 30.2 Å². The second-order valence-electron chi connectivity index (χ2n) is 19.4. The maximum atomic E-state index is 15.2. The fraction of sp³-hybridized carbons (Fsp3) is 0.583. The van der Waals surface area contributed by atoms with Gasteiger partial charge in [-0.1, -0.05) is 19.1 Å². The molecule has 17 nitrogen and oxygen atoms in total. The zero-order valence-corrected chi connectivity index (χ0v) is 40.7. The van der Waals surface area contributed by atoms with E-state index in [9.17, 15) is 31.6 Å². The molecule has 0 unspecified atom stereocenters. The maximum Gasteiger partial charge on any atom is 0.408 e. The Morgan fingerprint density at radius 2 is 1.79 bits per heavy atom. The van der Waals surface area contributed by atoms with Crippen molar-refractivity contribution in [2.45, 2.75) is 159 Å². The number of fused-ring (bicyclic) bond motifs is 3. The van der Waals surface area contributed by atoms with Gasteiger partial charge in [-0.25, -0.2) is 27.0 Å². The number of nitrogens with zero attached hydrogens (tertiary/aromatic N) is 3. The van der Waals surface area contributed by atoms with Gasteiger partial charge < -0.3 is 39.2 Å². The third kappa shape index (κ3) is 10.6. The van der Waals surface area contributed by atoms with Crippen LogP contribution in [0.3, 0.4) is 0 Å². The Hall–Kier alpha value is -5.63. The number of methoxy groups -OCH3 is 1. The summed E-state index contributed by atoms with van der Waals surface area (Å²) in [5.41, 5.74) is -3.05. The number of rotatable bonds is 13. The summed E-state index contributed by atoms with van der Waals surface area (Å²) in [5.74, 6) is -5.32. The first-order valence-corrected chi connectivity index (χ1v) is 24.5. The molecule has 20 heteroatoms. The van der Waals surface area contributed by atoms with Crippen molar-refractivity contribution in [3.8, 4) is 28.8 Å². The lowest BCUT2D eigenvalue weighted by Gasteiger charge is -2.35. The zero-order chi connectivity index (χ0) is 49.6. The molecule has 2 aliphatic carbocycles. The average molecular weight is 969 g/mol. The fourth-order valence-corrected chi connectivity index (χ4v) is 9.68. The lowest BCUT2D eigenvalue weighted by Crippen LogP contribution is -2.61. The van der Waals surface area contributed by atoms with E-state index in [2.05, 4.69) is 20.3 Å². The molecule has 2 saturated carbocycles. The van der Waals surface area contributed by atoms with Crippen molar-refractivity contribution in [2.75, 3.05) is 13.7 Å². The number of alkyl halides is 2. The van der Waals surface area contributed by atoms with Gasteiger partial charge in [0.1, 0.15) is 35.2 Å². The van der Waals surface area contributed by atoms with Gasteiger partial charge in [-0.15, -0.1) is 0 Å². The summed E-state index contributed by atoms with van der Waals surface area (Å²) in [6.07, 6.45) is 3.00. The molecule has 3 fully saturated rings. The Balaban J connectivity index is 1.28. The number of alkyl carbamates (subject to hydrolysis) is 1. The second-order valence-corrected chi connectivity index (χ2v) is 21.6. The number of sulfonamides is 1. The number of nitrogens with one attached hydrogen (secondary N) is 3. The van der Waals surface area contributed by atoms with Crippen LogP contribution < -0.4 is 29.6 Å². The van der Waals surface area contributed by atoms with Gasteiger partial charge in [0.2, 0.25) is 27.7 Å². The largest absolute Gasteiger partial charge is 0.497 e. The molecule has 4 amide bonds. The number of carbonyl (C=O) groups is 4. The molecule has 3 N–H and O–H groups in total. The van der Waals surface area contributed by atoms with Crippen LogP contribution in [0.4, 0.5) is 13.6 Å². The van der Waals surface area contributed by atoms with Gasteiger partial charge in [0.25, 0.3) is 11.8 Å². The number of aromatic nitrogens is 2. The quantitative estimate of drug-likeness (QED) is 0.159. The van der Waals surface area contributed by atoms with E-state index in [-0.39, 0.29) is 37.8 Å². The molecule has 370 valence electrons. The third-order valence-electron chi connectivity index (χ3n) is 13.3. The summed E-state index contributed by atoms with van der Waals surface area (Å²) in [6.45, 7) is 11.3. The van der Waals surface area contributed by atoms with Crippen LogP contribution in [-0.4, -0.2) is 119 Å². The summed E-state index contributed by atoms with van der Waals surface area (Å²) in [4.78, 5) is 68.4. The number of benzene rings is 1. The van der Waals surface area contributed by atoms with Crippen LogP contribution in [0, 0.1) is 5.92 Å². The van der Waals surface area contributed by atoms with Gasteiger partial charge in [0, 0.05) is 24.6 Å². The van der Waals surface area contributed by atoms with Crippen molar-refractivity contribution in [3.63, 3.8) is 0 Å². The molecule has 1 aromatic carbocycles. The summed E-state index contributed by atoms with van der Waals surface area (Å²) in [5, 5.41) is 6.58. The third-order valence-corrected chi connectivity index (χ3v) is 15.5. The number of hydrogen-bond donors (Lipinski definition) is 3. The molecule has 4 heterocycles. The molecule has 7 atom stereocenters. The Morgan fingerprint density at radius 1 is 1.07 bits per heavy atom. The average Bonchev–Trinajstić information content (AvgIpc) is 4.15. The Kier molecular flexibility index (Phi) is 14.1. The highest BCUT2D eigenvalue weighted by Crippen LogP contribution is 2.48. The van der Waals surface area contributed by atoms with Crippen LogP contribution in [0.25, 0.3) is 22.2 Å². The number of ether oxygens (including phenoxy) is 5. The predicted molar refractivity (Wildman–Crippen MR) is 247 cm³/mol. The molecule has 3 aromatic rings. The first kappa shape index (κ1) is 50.3. The molecule has 2 aliphatic heterocycles. The molecule has 2 aromatic heterocycles. The SMILES string of the molecule is CC[C@@H]1O[C@H](C)CC/C=C\[C@@H]2C[C@@]2(C(=O)NS(=O)(=O)C2(C)CC2)NC(=O)[C@@H]2C[C@@H](Oc3nc(-c4ccc(OC(C)C)cn4)cc4cc(OC)ccc34)CN2C(=O)[C@H]1NC(=O)OC(C)(C)C(C)(F)F. The zero-order valence-electron chi connectivity index (χ0n) is 39.9. The number of halogens is 2. The highest BCUT2D eigenvalue weighted by molar-refractivity contribution is 7.91. The summed E-state index contributed by atoms with van der Waals surface area (Å²) < 4.78 is 86.6. The van der Waals surface area contributed by atoms with E-state index in [1.807, 2.05) is 26.0 Å². The number of amides is 4. The van der Waals surface area contributed by atoms with Gasteiger partial charge in [0.15, 0.2) is 5.60 Å². The molecular weight excluding hydrogens is 907 g/mol. The topological polar surface area (TPSA) is 214 Å². The monoisotopic (exact) mass is 968 g/mol. The maximum absolute atomic E-state index is 15.2. The van der Waals surface area contributed by atoms with E-state index in [0.29, 0.717) is 66.3 Å². The van der Waals surface area contributed by atoms with E-state index < -0.39 is 92.0 Å². The molecule has 7 rings (SSSR count). The van der Waals surface area contributed by atoms with Crippen LogP contribution in [0.5, 0.6) is 17.4 Å². The number of pyridine rings is 2. The minimum atomic E-state index is -4.11. The highest BCUT2D eigenvalue weighted by Gasteiger charge is 2.63. The summed E-state index contributed by atoms with van der Waals surface area (Å²) in [7, 11) is -2.58. The van der Waals surface area contributed by atoms with Crippen molar-refractivity contribution >= 4 is 44.6 Å². The van der Waals surface area contributed by atoms with Crippen molar-refractivity contribution in [2.24, 2.45) is 5.92 Å². The van der Waals surface area contributed by atoms with Crippen molar-refractivity contribution in [1.29, 1.82) is 0 Å². The standard InChI is InChI=1S/C48H62F2N6O11S/c1-10-38-39(53-44(60)67-45(5,6)47(8,49)50)42(58)56-26-33(66-41-34-17-15-31(63-9)21-29(34)22-36(52-41)35-18-16-32(25-51-35)64-27(2)3)23-37(56)40(57)54-48(24-30(48)14-12-11-13-28(4)65-38)43(59)55-68(61,62)46(7)19-20-46/h12,14-18,21-22,25,27-28,30,33,37-39H,10-11,13,19-20,23-24,26H2,1-9H3,(H,53,60)(H,54,57)(H,55,59)/b14-12-/t28-,30-,33-,37+,38+,39+,48-/m1/s1. The van der Waals surface area contributed by atoms with Crippen LogP contribution >= 0.6 is 0 Å². The Labute approximate surface area is 395 Å². The van der Waals surface area contributed by atoms with Crippen molar-refractivity contribution < 1.29 is 60.1 Å². The molecular formula is C48H62F2N6O11S. The van der Waals surface area contributed by atoms with Crippen LogP contribution in [-0.2, 0) is 33.9 Å². The van der Waals surface area contributed by atoms with E-state index >= 15 is 4.79 Å². The molecule has 0 bridgehead atoms. The van der Waals surface area contributed by atoms with Crippen molar-refractivity contribution in [3.05, 3.63) is 54.7 Å². The fourth-order valence-electron chi connectivity index (χ4n) is 8.36. The second kappa shape index (κ2) is 19.0. The van der Waals surface area contributed by atoms with Gasteiger partial charge in [0.05, 0.1) is 54.3 Å². The number of allylic oxidation sites excluding steroid dienone is 1. The van der Waals surface area contributed by atoms with E-state index in [1.165, 1.54) is 12.0 Å². The lowest BCUT2D eigenvalue weighted by molar-refractivity contribution is -0.153. The first-order chi connectivity index (χ1) is 31.9. The lowest BCUT2D eigenvalue weighted by atomic mass is 10.0. The van der Waals surface area contributed by atoms with E-state index in [4.69, 9.17) is 28.7 Å². The minimum Gasteiger partial charge on any atom is -0.497 e. The number of hydrogen-bond acceptors (Lipinski definition) is 13. The molecule has 4 aliphatic rings. The Morgan fingerprint density at radius 3 is 2.43 bits per heavy atom. The van der Waals surface area contributed by atoms with Gasteiger partial charge in [-0.3, -0.25) is 24.1 Å².